The summed E-state index contributed by atoms with van der Waals surface area (Å²) in [6, 6.07) is 1.71. The van der Waals surface area contributed by atoms with Crippen LogP contribution in [0, 0.1) is 0 Å². The molecule has 0 unspecified atom stereocenters. The second-order valence-corrected chi connectivity index (χ2v) is 7.52. The summed E-state index contributed by atoms with van der Waals surface area (Å²) in [6.45, 7) is 1.83. The SMILES string of the molecule is CCCCCCCCc1cc(-c2cn([C@H]3C[C@H](O)[C@@H](CO)O3)c(=O)[nH]c2=O)on1. The molecule has 1 aliphatic rings. The molecule has 0 bridgehead atoms. The molecule has 3 N–H and O–H groups in total. The average molecular weight is 407 g/mol. The minimum atomic E-state index is -0.888. The Balaban J connectivity index is 1.70. The Morgan fingerprint density at radius 2 is 2.00 bits per heavy atom. The first-order valence-corrected chi connectivity index (χ1v) is 10.3. The molecule has 1 aliphatic heterocycles. The van der Waals surface area contributed by atoms with Gasteiger partial charge in [-0.05, 0) is 12.8 Å². The van der Waals surface area contributed by atoms with Crippen LogP contribution in [0.3, 0.4) is 0 Å². The van der Waals surface area contributed by atoms with E-state index in [4.69, 9.17) is 9.26 Å². The molecule has 0 saturated carbocycles. The molecule has 29 heavy (non-hydrogen) atoms. The lowest BCUT2D eigenvalue weighted by Crippen LogP contribution is -2.33. The highest BCUT2D eigenvalue weighted by Gasteiger charge is 2.35. The zero-order valence-corrected chi connectivity index (χ0v) is 16.7. The Morgan fingerprint density at radius 3 is 2.72 bits per heavy atom. The van der Waals surface area contributed by atoms with Gasteiger partial charge in [0.1, 0.15) is 17.9 Å². The van der Waals surface area contributed by atoms with Gasteiger partial charge in [-0.3, -0.25) is 14.3 Å². The summed E-state index contributed by atoms with van der Waals surface area (Å²) in [7, 11) is 0. The minimum Gasteiger partial charge on any atom is -0.394 e. The molecule has 1 fully saturated rings. The number of unbranched alkanes of at least 4 members (excludes halogenated alkanes) is 5. The van der Waals surface area contributed by atoms with Crippen molar-refractivity contribution in [3.05, 3.63) is 38.8 Å². The Bertz CT molecular complexity index is 902. The number of nitrogens with zero attached hydrogens (tertiary/aromatic N) is 2. The van der Waals surface area contributed by atoms with Gasteiger partial charge in [-0.25, -0.2) is 4.79 Å². The third-order valence-electron chi connectivity index (χ3n) is 5.27. The number of H-pyrrole nitrogens is 1. The molecule has 2 aromatic heterocycles. The number of ether oxygens (including phenoxy) is 1. The van der Waals surface area contributed by atoms with Crippen molar-refractivity contribution in [3.63, 3.8) is 0 Å². The molecule has 9 nitrogen and oxygen atoms in total. The summed E-state index contributed by atoms with van der Waals surface area (Å²) < 4.78 is 12.0. The zero-order chi connectivity index (χ0) is 20.8. The lowest BCUT2D eigenvalue weighted by Gasteiger charge is -2.14. The van der Waals surface area contributed by atoms with Crippen molar-refractivity contribution in [1.29, 1.82) is 0 Å². The summed E-state index contributed by atoms with van der Waals surface area (Å²) in [5.41, 5.74) is -0.301. The van der Waals surface area contributed by atoms with Gasteiger partial charge in [0.05, 0.1) is 18.4 Å². The van der Waals surface area contributed by atoms with Gasteiger partial charge in [-0.15, -0.1) is 0 Å². The number of nitrogens with one attached hydrogen (secondary N) is 1. The topological polar surface area (TPSA) is 131 Å². The van der Waals surface area contributed by atoms with Crippen LogP contribution < -0.4 is 11.2 Å². The van der Waals surface area contributed by atoms with Crippen LogP contribution in [0.4, 0.5) is 0 Å². The Kier molecular flexibility index (Phi) is 7.40. The summed E-state index contributed by atoms with van der Waals surface area (Å²) in [6.07, 6.45) is 6.87. The van der Waals surface area contributed by atoms with Gasteiger partial charge in [0.2, 0.25) is 0 Å². The number of aromatic nitrogens is 3. The lowest BCUT2D eigenvalue weighted by molar-refractivity contribution is -0.0458. The van der Waals surface area contributed by atoms with E-state index in [1.807, 2.05) is 0 Å². The molecule has 0 spiro atoms. The fourth-order valence-corrected chi connectivity index (χ4v) is 3.57. The fourth-order valence-electron chi connectivity index (χ4n) is 3.57. The van der Waals surface area contributed by atoms with Crippen molar-refractivity contribution in [2.45, 2.75) is 76.7 Å². The molecule has 3 atom stereocenters. The normalized spacial score (nSPS) is 21.7. The maximum atomic E-state index is 12.3. The van der Waals surface area contributed by atoms with Crippen molar-refractivity contribution in [1.82, 2.24) is 14.7 Å². The molecule has 160 valence electrons. The van der Waals surface area contributed by atoms with Crippen LogP contribution in [-0.4, -0.2) is 43.7 Å². The molecule has 0 radical (unpaired) electrons. The Morgan fingerprint density at radius 1 is 1.24 bits per heavy atom. The first kappa shape index (κ1) is 21.5. The zero-order valence-electron chi connectivity index (χ0n) is 16.7. The molecule has 1 saturated heterocycles. The standard InChI is InChI=1S/C20H29N3O6/c1-2-3-4-5-6-7-8-13-9-16(29-22-13)14-11-23(20(27)21-19(14)26)18-10-15(25)17(12-24)28-18/h9,11,15,17-18,24-25H,2-8,10,12H2,1H3,(H,21,26,27)/t15-,17+,18+/m0/s1. The van der Waals surface area contributed by atoms with Crippen molar-refractivity contribution in [3.8, 4) is 11.3 Å². The molecular weight excluding hydrogens is 378 g/mol. The number of rotatable bonds is 10. The number of hydrogen-bond acceptors (Lipinski definition) is 7. The predicted molar refractivity (Wildman–Crippen MR) is 106 cm³/mol. The van der Waals surface area contributed by atoms with E-state index in [0.717, 1.165) is 25.0 Å². The molecule has 0 aliphatic carbocycles. The third kappa shape index (κ3) is 5.23. The third-order valence-corrected chi connectivity index (χ3v) is 5.27. The highest BCUT2D eigenvalue weighted by atomic mass is 16.5. The second-order valence-electron chi connectivity index (χ2n) is 7.52. The second kappa shape index (κ2) is 10.00. The summed E-state index contributed by atoms with van der Waals surface area (Å²) in [4.78, 5) is 26.7. The van der Waals surface area contributed by atoms with Crippen molar-refractivity contribution >= 4 is 0 Å². The molecule has 0 aromatic carbocycles. The van der Waals surface area contributed by atoms with Crippen LogP contribution in [-0.2, 0) is 11.2 Å². The van der Waals surface area contributed by atoms with Crippen LogP contribution in [0.15, 0.2) is 26.4 Å². The number of aryl methyl sites for hydroxylation is 1. The van der Waals surface area contributed by atoms with Crippen LogP contribution in [0.2, 0.25) is 0 Å². The van der Waals surface area contributed by atoms with Gasteiger partial charge >= 0.3 is 5.69 Å². The Labute approximate surface area is 168 Å². The summed E-state index contributed by atoms with van der Waals surface area (Å²) >= 11 is 0. The van der Waals surface area contributed by atoms with E-state index < -0.39 is 29.7 Å². The van der Waals surface area contributed by atoms with Crippen LogP contribution in [0.25, 0.3) is 11.3 Å². The smallest absolute Gasteiger partial charge is 0.330 e. The van der Waals surface area contributed by atoms with Crippen LogP contribution in [0.1, 0.15) is 63.8 Å². The van der Waals surface area contributed by atoms with Crippen LogP contribution >= 0.6 is 0 Å². The van der Waals surface area contributed by atoms with Crippen LogP contribution in [0.5, 0.6) is 0 Å². The van der Waals surface area contributed by atoms with Gasteiger partial charge in [0.25, 0.3) is 5.56 Å². The number of aliphatic hydroxyl groups is 2. The van der Waals surface area contributed by atoms with E-state index in [1.165, 1.54) is 36.4 Å². The number of aliphatic hydroxyl groups excluding tert-OH is 2. The van der Waals surface area contributed by atoms with E-state index >= 15 is 0 Å². The average Bonchev–Trinajstić information content (AvgIpc) is 3.31. The Hall–Kier alpha value is -2.23. The van der Waals surface area contributed by atoms with E-state index in [0.29, 0.717) is 0 Å². The van der Waals surface area contributed by atoms with Gasteiger partial charge in [-0.2, -0.15) is 0 Å². The maximum absolute atomic E-state index is 12.3. The molecule has 0 amide bonds. The fraction of sp³-hybridized carbons (Fsp3) is 0.650. The largest absolute Gasteiger partial charge is 0.394 e. The first-order chi connectivity index (χ1) is 14.0. The summed E-state index contributed by atoms with van der Waals surface area (Å²) in [5.74, 6) is 0.276. The summed E-state index contributed by atoms with van der Waals surface area (Å²) in [5, 5.41) is 23.2. The van der Waals surface area contributed by atoms with Crippen molar-refractivity contribution < 1.29 is 19.5 Å². The van der Waals surface area contributed by atoms with Gasteiger partial charge in [0, 0.05) is 18.7 Å². The molecule has 2 aromatic rings. The highest BCUT2D eigenvalue weighted by molar-refractivity contribution is 5.54. The van der Waals surface area contributed by atoms with Gasteiger partial charge in [-0.1, -0.05) is 44.2 Å². The maximum Gasteiger partial charge on any atom is 0.330 e. The van der Waals surface area contributed by atoms with E-state index in [1.54, 1.807) is 6.07 Å². The van der Waals surface area contributed by atoms with E-state index in [9.17, 15) is 19.8 Å². The minimum absolute atomic E-state index is 0.135. The number of hydrogen-bond donors (Lipinski definition) is 3. The molecule has 9 heteroatoms. The number of aromatic amines is 1. The predicted octanol–water partition coefficient (Wildman–Crippen LogP) is 1.74. The molecule has 3 rings (SSSR count). The van der Waals surface area contributed by atoms with Gasteiger partial charge < -0.3 is 19.5 Å². The lowest BCUT2D eigenvalue weighted by atomic mass is 10.1. The first-order valence-electron chi connectivity index (χ1n) is 10.3. The van der Waals surface area contributed by atoms with Crippen molar-refractivity contribution in [2.24, 2.45) is 0 Å². The van der Waals surface area contributed by atoms with Crippen molar-refractivity contribution in [2.75, 3.05) is 6.61 Å². The quantitative estimate of drug-likeness (QED) is 0.511. The molecule has 3 heterocycles. The highest BCUT2D eigenvalue weighted by Crippen LogP contribution is 2.28. The molecular formula is C20H29N3O6. The van der Waals surface area contributed by atoms with Gasteiger partial charge in [0.15, 0.2) is 5.76 Å². The van der Waals surface area contributed by atoms with E-state index in [2.05, 4.69) is 17.1 Å². The van der Waals surface area contributed by atoms with E-state index in [-0.39, 0.29) is 24.4 Å². The monoisotopic (exact) mass is 407 g/mol.